The van der Waals surface area contributed by atoms with Crippen molar-refractivity contribution in [2.45, 2.75) is 51.7 Å². The molecule has 0 spiro atoms. The highest BCUT2D eigenvalue weighted by atomic mass is 16.6. The van der Waals surface area contributed by atoms with E-state index in [1.807, 2.05) is 48.8 Å². The lowest BCUT2D eigenvalue weighted by Crippen LogP contribution is -2.54. The highest BCUT2D eigenvalue weighted by Gasteiger charge is 2.34. The summed E-state index contributed by atoms with van der Waals surface area (Å²) in [5, 5.41) is 2.87. The number of hydrogen-bond donors (Lipinski definition) is 1. The van der Waals surface area contributed by atoms with Crippen LogP contribution in [0.4, 0.5) is 15.3 Å². The van der Waals surface area contributed by atoms with E-state index >= 15 is 0 Å². The minimum Gasteiger partial charge on any atom is -0.444 e. The quantitative estimate of drug-likeness (QED) is 0.821. The van der Waals surface area contributed by atoms with Gasteiger partial charge in [0.1, 0.15) is 5.60 Å². The lowest BCUT2D eigenvalue weighted by molar-refractivity contribution is 0.0511. The first-order valence-electron chi connectivity index (χ1n) is 10.9. The number of piperidine rings is 1. The second-order valence-corrected chi connectivity index (χ2v) is 9.68. The Morgan fingerprint density at radius 3 is 2.63 bits per heavy atom. The van der Waals surface area contributed by atoms with E-state index in [-0.39, 0.29) is 11.9 Å². The van der Waals surface area contributed by atoms with E-state index in [4.69, 9.17) is 4.74 Å². The Balaban J connectivity index is 1.64. The first kappa shape index (κ1) is 22.4. The average Bonchev–Trinajstić information content (AvgIpc) is 2.70. The zero-order valence-electron chi connectivity index (χ0n) is 19.0. The van der Waals surface area contributed by atoms with Crippen LogP contribution in [0.25, 0.3) is 0 Å². The third-order valence-electron chi connectivity index (χ3n) is 5.82. The van der Waals surface area contributed by atoms with Gasteiger partial charge in [0.25, 0.3) is 0 Å². The second-order valence-electron chi connectivity index (χ2n) is 9.68. The van der Waals surface area contributed by atoms with Crippen LogP contribution in [0.3, 0.4) is 0 Å². The van der Waals surface area contributed by atoms with Crippen LogP contribution in [0.1, 0.15) is 39.2 Å². The molecule has 7 heteroatoms. The van der Waals surface area contributed by atoms with E-state index in [1.54, 1.807) is 0 Å². The van der Waals surface area contributed by atoms with E-state index in [1.165, 1.54) is 5.56 Å². The van der Waals surface area contributed by atoms with Crippen molar-refractivity contribution >= 4 is 17.8 Å². The highest BCUT2D eigenvalue weighted by molar-refractivity contribution is 5.93. The molecule has 7 nitrogen and oxygen atoms in total. The fraction of sp³-hybridized carbons (Fsp3) is 0.652. The maximum absolute atomic E-state index is 13.5. The number of rotatable bonds is 3. The van der Waals surface area contributed by atoms with Crippen LogP contribution < -0.4 is 10.2 Å². The summed E-state index contributed by atoms with van der Waals surface area (Å²) >= 11 is 0. The van der Waals surface area contributed by atoms with Gasteiger partial charge in [-0.05, 0) is 71.7 Å². The fourth-order valence-corrected chi connectivity index (χ4v) is 4.22. The maximum Gasteiger partial charge on any atom is 0.407 e. The van der Waals surface area contributed by atoms with Crippen LogP contribution in [0.5, 0.6) is 0 Å². The standard InChI is InChI=1S/C23H36N4O3/c1-23(2,3)30-21(28)24-14-17-9-8-12-26(15-17)22(29)27-16-19(25(4)5)13-18-10-6-7-11-20(18)27/h6-7,10-11,17,19H,8-9,12-16H2,1-5H3,(H,24,28)/t17-,19+/m1/s1. The van der Waals surface area contributed by atoms with Gasteiger partial charge in [0.2, 0.25) is 0 Å². The molecule has 2 heterocycles. The van der Waals surface area contributed by atoms with Crippen LogP contribution in [-0.2, 0) is 11.2 Å². The van der Waals surface area contributed by atoms with Crippen LogP contribution in [0.15, 0.2) is 24.3 Å². The first-order chi connectivity index (χ1) is 14.1. The van der Waals surface area contributed by atoms with Crippen molar-refractivity contribution in [3.8, 4) is 0 Å². The Morgan fingerprint density at radius 2 is 1.93 bits per heavy atom. The fourth-order valence-electron chi connectivity index (χ4n) is 4.22. The smallest absolute Gasteiger partial charge is 0.407 e. The van der Waals surface area contributed by atoms with Crippen molar-refractivity contribution in [1.29, 1.82) is 0 Å². The lowest BCUT2D eigenvalue weighted by atomic mass is 9.96. The molecule has 2 aliphatic heterocycles. The molecule has 166 valence electrons. The molecule has 0 saturated carbocycles. The Bertz CT molecular complexity index is 759. The lowest BCUT2D eigenvalue weighted by Gasteiger charge is -2.41. The van der Waals surface area contributed by atoms with Gasteiger partial charge in [-0.3, -0.25) is 4.90 Å². The molecule has 2 aliphatic rings. The van der Waals surface area contributed by atoms with Gasteiger partial charge in [-0.1, -0.05) is 18.2 Å². The van der Waals surface area contributed by atoms with Gasteiger partial charge in [0.15, 0.2) is 0 Å². The van der Waals surface area contributed by atoms with E-state index in [0.717, 1.165) is 31.5 Å². The SMILES string of the molecule is CN(C)[C@H]1Cc2ccccc2N(C(=O)N2CCC[C@H](CNC(=O)OC(C)(C)C)C2)C1. The number of anilines is 1. The van der Waals surface area contributed by atoms with Crippen LogP contribution in [0.2, 0.25) is 0 Å². The van der Waals surface area contributed by atoms with Gasteiger partial charge in [0, 0.05) is 37.9 Å². The third-order valence-corrected chi connectivity index (χ3v) is 5.82. The Morgan fingerprint density at radius 1 is 1.20 bits per heavy atom. The molecular weight excluding hydrogens is 380 g/mol. The summed E-state index contributed by atoms with van der Waals surface area (Å²) in [5.74, 6) is 0.236. The Labute approximate surface area is 180 Å². The molecule has 0 aromatic heterocycles. The number of hydrogen-bond acceptors (Lipinski definition) is 4. The summed E-state index contributed by atoms with van der Waals surface area (Å²) < 4.78 is 5.33. The molecule has 0 aliphatic carbocycles. The molecule has 3 rings (SSSR count). The zero-order valence-corrected chi connectivity index (χ0v) is 19.0. The molecule has 1 aromatic carbocycles. The maximum atomic E-state index is 13.5. The summed E-state index contributed by atoms with van der Waals surface area (Å²) in [6, 6.07) is 8.58. The van der Waals surface area contributed by atoms with Crippen molar-refractivity contribution in [2.75, 3.05) is 45.2 Å². The van der Waals surface area contributed by atoms with Gasteiger partial charge in [-0.25, -0.2) is 9.59 Å². The van der Waals surface area contributed by atoms with Crippen molar-refractivity contribution in [2.24, 2.45) is 5.92 Å². The summed E-state index contributed by atoms with van der Waals surface area (Å²) in [7, 11) is 4.14. The number of nitrogens with one attached hydrogen (secondary N) is 1. The molecule has 3 amide bonds. The van der Waals surface area contributed by atoms with Crippen molar-refractivity contribution in [3.05, 3.63) is 29.8 Å². The van der Waals surface area contributed by atoms with Crippen LogP contribution >= 0.6 is 0 Å². The predicted molar refractivity (Wildman–Crippen MR) is 119 cm³/mol. The number of amides is 3. The summed E-state index contributed by atoms with van der Waals surface area (Å²) in [5.41, 5.74) is 1.73. The number of alkyl carbamates (subject to hydrolysis) is 1. The van der Waals surface area contributed by atoms with E-state index in [2.05, 4.69) is 30.4 Å². The van der Waals surface area contributed by atoms with Crippen LogP contribution in [-0.4, -0.2) is 73.8 Å². The van der Waals surface area contributed by atoms with Gasteiger partial charge in [0.05, 0.1) is 0 Å². The molecule has 30 heavy (non-hydrogen) atoms. The minimum atomic E-state index is -0.511. The number of carbonyl (C=O) groups is 2. The van der Waals surface area contributed by atoms with Crippen molar-refractivity contribution in [1.82, 2.24) is 15.1 Å². The molecule has 1 saturated heterocycles. The minimum absolute atomic E-state index is 0.0657. The number of benzene rings is 1. The average molecular weight is 417 g/mol. The Kier molecular flexibility index (Phi) is 6.91. The molecular formula is C23H36N4O3. The number of fused-ring (bicyclic) bond motifs is 1. The molecule has 0 radical (unpaired) electrons. The monoisotopic (exact) mass is 416 g/mol. The number of carbonyl (C=O) groups excluding carboxylic acids is 2. The topological polar surface area (TPSA) is 65.1 Å². The number of likely N-dealkylation sites (N-methyl/N-ethyl adjacent to an activating group) is 1. The second kappa shape index (κ2) is 9.25. The Hall–Kier alpha value is -2.28. The summed E-state index contributed by atoms with van der Waals surface area (Å²) in [4.78, 5) is 31.5. The summed E-state index contributed by atoms with van der Waals surface area (Å²) in [6.45, 7) is 8.18. The van der Waals surface area contributed by atoms with Gasteiger partial charge in [-0.2, -0.15) is 0 Å². The summed E-state index contributed by atoms with van der Waals surface area (Å²) in [6.07, 6.45) is 2.50. The van der Waals surface area contributed by atoms with Gasteiger partial charge < -0.3 is 19.9 Å². The molecule has 1 fully saturated rings. The van der Waals surface area contributed by atoms with Gasteiger partial charge >= 0.3 is 12.1 Å². The van der Waals surface area contributed by atoms with Crippen molar-refractivity contribution < 1.29 is 14.3 Å². The largest absolute Gasteiger partial charge is 0.444 e. The number of nitrogens with zero attached hydrogens (tertiary/aromatic N) is 3. The van der Waals surface area contributed by atoms with Crippen molar-refractivity contribution in [3.63, 3.8) is 0 Å². The molecule has 1 N–H and O–H groups in total. The van der Waals surface area contributed by atoms with Gasteiger partial charge in [-0.15, -0.1) is 0 Å². The molecule has 0 bridgehead atoms. The first-order valence-corrected chi connectivity index (χ1v) is 10.9. The van der Waals surface area contributed by atoms with E-state index in [0.29, 0.717) is 25.7 Å². The van der Waals surface area contributed by atoms with E-state index < -0.39 is 11.7 Å². The normalized spacial score (nSPS) is 21.9. The molecule has 0 unspecified atom stereocenters. The molecule has 2 atom stereocenters. The highest BCUT2D eigenvalue weighted by Crippen LogP contribution is 2.30. The predicted octanol–water partition coefficient (Wildman–Crippen LogP) is 3.34. The third kappa shape index (κ3) is 5.65. The number of likely N-dealkylation sites (tertiary alicyclic amines) is 1. The number of ether oxygens (including phenoxy) is 1. The number of urea groups is 1. The number of para-hydroxylation sites is 1. The zero-order chi connectivity index (χ0) is 21.9. The van der Waals surface area contributed by atoms with E-state index in [9.17, 15) is 9.59 Å². The molecule has 1 aromatic rings. The van der Waals surface area contributed by atoms with Crippen LogP contribution in [0, 0.1) is 5.92 Å².